The third-order valence-corrected chi connectivity index (χ3v) is 15.0. The van der Waals surface area contributed by atoms with Crippen molar-refractivity contribution in [2.24, 2.45) is 22.9 Å². The molecule has 0 unspecified atom stereocenters. The number of rotatable bonds is 28. The van der Waals surface area contributed by atoms with Gasteiger partial charge >= 0.3 is 6.09 Å². The maximum Gasteiger partial charge on any atom is 0.412 e. The summed E-state index contributed by atoms with van der Waals surface area (Å²) in [5.41, 5.74) is 2.62. The van der Waals surface area contributed by atoms with Gasteiger partial charge in [-0.25, -0.2) is 13.2 Å². The number of oxime groups is 1. The molecule has 0 saturated heterocycles. The quantitative estimate of drug-likeness (QED) is 0.0364. The molecule has 1 fully saturated rings. The topological polar surface area (TPSA) is 185 Å². The minimum absolute atomic E-state index is 0.00401. The van der Waals surface area contributed by atoms with Crippen LogP contribution in [0.25, 0.3) is 0 Å². The van der Waals surface area contributed by atoms with Crippen LogP contribution in [-0.4, -0.2) is 93.0 Å². The molecule has 1 saturated carbocycles. The number of carbonyl (C=O) groups excluding carboxylic acids is 2. The fraction of sp³-hybridized carbons (Fsp3) is 0.620. The molecule has 15 heteroatoms. The Balaban J connectivity index is 1.53. The van der Waals surface area contributed by atoms with Crippen LogP contribution in [0.4, 0.5) is 10.5 Å². The van der Waals surface area contributed by atoms with E-state index in [-0.39, 0.29) is 54.8 Å². The summed E-state index contributed by atoms with van der Waals surface area (Å²) in [4.78, 5) is 30.5. The molecular formula is C50H74N4O10S. The molecule has 1 aliphatic heterocycles. The molecule has 14 nitrogen and oxygen atoms in total. The number of anilines is 1. The Kier molecular flexibility index (Phi) is 20.3. The number of amides is 2. The highest BCUT2D eigenvalue weighted by atomic mass is 32.2. The van der Waals surface area contributed by atoms with E-state index in [1.807, 2.05) is 6.07 Å². The molecular weight excluding hydrogens is 849 g/mol. The molecule has 2 aliphatic carbocycles. The molecule has 2 amide bonds. The van der Waals surface area contributed by atoms with Gasteiger partial charge in [-0.05, 0) is 92.0 Å². The van der Waals surface area contributed by atoms with Crippen molar-refractivity contribution < 1.29 is 47.3 Å². The summed E-state index contributed by atoms with van der Waals surface area (Å²) >= 11 is 0. The van der Waals surface area contributed by atoms with Gasteiger partial charge in [0.05, 0.1) is 29.2 Å². The number of hydrogen-bond acceptors (Lipinski definition) is 11. The average molecular weight is 923 g/mol. The molecule has 0 radical (unpaired) electrons. The van der Waals surface area contributed by atoms with E-state index in [0.29, 0.717) is 48.7 Å². The van der Waals surface area contributed by atoms with Crippen LogP contribution >= 0.6 is 0 Å². The zero-order valence-corrected chi connectivity index (χ0v) is 39.9. The fourth-order valence-corrected chi connectivity index (χ4v) is 11.4. The Morgan fingerprint density at radius 3 is 2.23 bits per heavy atom. The second-order valence-corrected chi connectivity index (χ2v) is 19.7. The predicted molar refractivity (Wildman–Crippen MR) is 254 cm³/mol. The molecule has 0 bridgehead atoms. The molecule has 5 rings (SSSR count). The molecule has 4 N–H and O–H groups in total. The van der Waals surface area contributed by atoms with Gasteiger partial charge in [0, 0.05) is 57.3 Å². The number of carbonyl (C=O) groups is 2. The number of unbranched alkanes of at least 4 members (excludes halogenated alkanes) is 11. The first-order chi connectivity index (χ1) is 31.4. The highest BCUT2D eigenvalue weighted by Gasteiger charge is 2.65. The van der Waals surface area contributed by atoms with Crippen molar-refractivity contribution in [3.8, 4) is 11.5 Å². The largest absolute Gasteiger partial charge is 0.460 e. The lowest BCUT2D eigenvalue weighted by molar-refractivity contribution is -0.250. The Bertz CT molecular complexity index is 2030. The maximum atomic E-state index is 14.7. The average Bonchev–Trinajstić information content (AvgIpc) is 3.29. The summed E-state index contributed by atoms with van der Waals surface area (Å²) < 4.78 is 50.7. The predicted octanol–water partition coefficient (Wildman–Crippen LogP) is 9.24. The van der Waals surface area contributed by atoms with Gasteiger partial charge in [-0.2, -0.15) is 4.31 Å². The van der Waals surface area contributed by atoms with Crippen molar-refractivity contribution in [2.75, 3.05) is 45.8 Å². The smallest absolute Gasteiger partial charge is 0.412 e. The normalized spacial score (nSPS) is 22.9. The van der Waals surface area contributed by atoms with Gasteiger partial charge in [-0.15, -0.1) is 6.58 Å². The lowest BCUT2D eigenvalue weighted by Gasteiger charge is -2.59. The number of benzene rings is 2. The Morgan fingerprint density at radius 2 is 1.60 bits per heavy atom. The van der Waals surface area contributed by atoms with Crippen molar-refractivity contribution in [1.82, 2.24) is 9.62 Å². The van der Waals surface area contributed by atoms with Crippen LogP contribution in [0.1, 0.15) is 134 Å². The van der Waals surface area contributed by atoms with Gasteiger partial charge in [-0.1, -0.05) is 94.9 Å². The highest BCUT2D eigenvalue weighted by Crippen LogP contribution is 2.62. The van der Waals surface area contributed by atoms with E-state index in [9.17, 15) is 28.2 Å². The summed E-state index contributed by atoms with van der Waals surface area (Å²) in [5.74, 6) is -2.13. The first kappa shape index (κ1) is 51.7. The van der Waals surface area contributed by atoms with E-state index >= 15 is 0 Å². The standard InChI is InChI=1S/C50H74N4O10S/c1-6-8-9-10-11-12-13-14-15-18-29-51-49(58)63-39-25-28-45-43(34-39)47-41(22-17-20-31-56)37(21-16-19-30-55)33-42-44(53-61-5)35-46(50(64-45,48(42)47)62-32-7-2)54(4)65(59,60)40-26-23-38(24-27-40)52-36(3)57/h7,23-28,33-34,37,41,46-48,55-56H,2,6,8-22,29-32,35H2,1,3-5H3,(H,51,58)(H,52,57)/t37-,41+,46-,47+,48+,50+/m0/s1. The van der Waals surface area contributed by atoms with Crippen LogP contribution in [0, 0.1) is 17.8 Å². The molecule has 6 atom stereocenters. The second-order valence-electron chi connectivity index (χ2n) is 17.7. The molecule has 360 valence electrons. The highest BCUT2D eigenvalue weighted by molar-refractivity contribution is 7.89. The summed E-state index contributed by atoms with van der Waals surface area (Å²) in [6.45, 7) is 8.21. The minimum atomic E-state index is -4.23. The second kappa shape index (κ2) is 25.6. The minimum Gasteiger partial charge on any atom is -0.460 e. The van der Waals surface area contributed by atoms with Crippen molar-refractivity contribution in [3.05, 3.63) is 72.3 Å². The van der Waals surface area contributed by atoms with Crippen molar-refractivity contribution in [3.63, 3.8) is 0 Å². The van der Waals surface area contributed by atoms with Crippen LogP contribution < -0.4 is 20.1 Å². The number of nitrogens with one attached hydrogen (secondary N) is 2. The number of likely N-dealkylation sites (N-methyl/N-ethyl adjacent to an activating group) is 1. The van der Waals surface area contributed by atoms with Crippen molar-refractivity contribution in [1.29, 1.82) is 0 Å². The van der Waals surface area contributed by atoms with Gasteiger partial charge < -0.3 is 39.9 Å². The van der Waals surface area contributed by atoms with Crippen LogP contribution in [0.15, 0.2) is 76.8 Å². The van der Waals surface area contributed by atoms with Gasteiger partial charge in [0.2, 0.25) is 21.7 Å². The number of aliphatic hydroxyl groups excluding tert-OH is 2. The first-order valence-electron chi connectivity index (χ1n) is 23.9. The van der Waals surface area contributed by atoms with Gasteiger partial charge in [0.25, 0.3) is 0 Å². The zero-order chi connectivity index (χ0) is 46.8. The number of sulfonamides is 1. The monoisotopic (exact) mass is 923 g/mol. The molecule has 0 aromatic heterocycles. The van der Waals surface area contributed by atoms with Crippen LogP contribution in [0.5, 0.6) is 11.5 Å². The fourth-order valence-electron chi connectivity index (χ4n) is 10.1. The number of nitrogens with zero attached hydrogens (tertiary/aromatic N) is 2. The van der Waals surface area contributed by atoms with Gasteiger partial charge in [-0.3, -0.25) is 4.79 Å². The lowest BCUT2D eigenvalue weighted by atomic mass is 9.55. The van der Waals surface area contributed by atoms with E-state index in [1.165, 1.54) is 82.5 Å². The Morgan fingerprint density at radius 1 is 0.938 bits per heavy atom. The number of aliphatic hydroxyl groups is 2. The van der Waals surface area contributed by atoms with E-state index in [1.54, 1.807) is 30.3 Å². The van der Waals surface area contributed by atoms with Gasteiger partial charge in [0.1, 0.15) is 18.6 Å². The molecule has 1 heterocycles. The Labute approximate surface area is 387 Å². The molecule has 65 heavy (non-hydrogen) atoms. The van der Waals surface area contributed by atoms with Gasteiger partial charge in [0.15, 0.2) is 0 Å². The van der Waals surface area contributed by atoms with E-state index < -0.39 is 33.9 Å². The van der Waals surface area contributed by atoms with Crippen molar-refractivity contribution >= 4 is 33.4 Å². The molecule has 2 aromatic carbocycles. The van der Waals surface area contributed by atoms with Crippen molar-refractivity contribution in [2.45, 2.75) is 146 Å². The van der Waals surface area contributed by atoms with E-state index in [4.69, 9.17) is 19.0 Å². The van der Waals surface area contributed by atoms with Crippen LogP contribution in [-0.2, 0) is 24.4 Å². The zero-order valence-electron chi connectivity index (χ0n) is 39.1. The summed E-state index contributed by atoms with van der Waals surface area (Å²) in [7, 11) is -1.26. The number of hydrogen-bond donors (Lipinski definition) is 4. The van der Waals surface area contributed by atoms with Crippen LogP contribution in [0.2, 0.25) is 0 Å². The molecule has 3 aliphatic rings. The summed E-state index contributed by atoms with van der Waals surface area (Å²) in [6, 6.07) is 10.3. The lowest BCUT2D eigenvalue weighted by Crippen LogP contribution is -2.69. The summed E-state index contributed by atoms with van der Waals surface area (Å²) in [5, 5.41) is 29.9. The third-order valence-electron chi connectivity index (χ3n) is 13.1. The van der Waals surface area contributed by atoms with E-state index in [0.717, 1.165) is 49.7 Å². The first-order valence-corrected chi connectivity index (χ1v) is 25.3. The Hall–Kier alpha value is -4.28. The molecule has 0 spiro atoms. The van der Waals surface area contributed by atoms with E-state index in [2.05, 4.69) is 35.4 Å². The number of allylic oxidation sites excluding steroid dienone is 1. The van der Waals surface area contributed by atoms with Crippen LogP contribution in [0.3, 0.4) is 0 Å². The summed E-state index contributed by atoms with van der Waals surface area (Å²) in [6.07, 6.45) is 19.5. The maximum absolute atomic E-state index is 14.7. The number of fused-ring (bicyclic) bond motifs is 2. The number of ether oxygens (including phenoxy) is 3. The SMILES string of the molecule is C=CCO[C@@]12Oc3ccc(OC(=O)NCCCCCCCCCCCC)cc3[C@H]3[C@H](CCCCO)[C@@H](CCCCO)C=C(C(=NOC)C[C@@H]1N(C)S(=O)(=O)c1ccc(NC(C)=O)cc1)[C@H]32. The third kappa shape index (κ3) is 13.2. The molecule has 2 aromatic rings.